The highest BCUT2D eigenvalue weighted by Gasteiger charge is 2.34. The Labute approximate surface area is 252 Å². The van der Waals surface area contributed by atoms with Crippen molar-refractivity contribution in [3.8, 4) is 23.3 Å². The number of carbonyl (C=O) groups excluding carboxylic acids is 1. The first kappa shape index (κ1) is 36.7. The number of hydrogen-bond donors (Lipinski definition) is 2. The number of benzene rings is 1. The fraction of sp³-hybridized carbons (Fsp3) is 0.629. The SMILES string of the molecule is C=CCOc1cc(C(C)(C)CCCCCC)cc(O)c1C(=O)C(O[Si](C)C)C(O)CC/C=C(\C)C#CCC(C)(C)C. The van der Waals surface area contributed by atoms with Crippen molar-refractivity contribution in [2.75, 3.05) is 6.61 Å². The quantitative estimate of drug-likeness (QED) is 0.0632. The van der Waals surface area contributed by atoms with Gasteiger partial charge in [0.05, 0.1) is 6.10 Å². The lowest BCUT2D eigenvalue weighted by molar-refractivity contribution is 0.0282. The number of phenols is 1. The molecule has 0 amide bonds. The summed E-state index contributed by atoms with van der Waals surface area (Å²) in [6.45, 7) is 22.7. The number of carbonyl (C=O) groups is 1. The van der Waals surface area contributed by atoms with Crippen molar-refractivity contribution in [2.45, 2.75) is 131 Å². The van der Waals surface area contributed by atoms with Crippen LogP contribution in [-0.2, 0) is 9.84 Å². The monoisotopic (exact) mass is 583 g/mol. The van der Waals surface area contributed by atoms with Gasteiger partial charge in [0.15, 0.2) is 5.78 Å². The smallest absolute Gasteiger partial charge is 0.206 e. The molecule has 0 saturated heterocycles. The van der Waals surface area contributed by atoms with Gasteiger partial charge in [-0.15, -0.1) is 0 Å². The van der Waals surface area contributed by atoms with Gasteiger partial charge in [0.2, 0.25) is 9.04 Å². The van der Waals surface area contributed by atoms with Crippen molar-refractivity contribution in [3.63, 3.8) is 0 Å². The number of allylic oxidation sites excluding steroid dienone is 2. The molecule has 0 bridgehead atoms. The molecule has 0 aliphatic carbocycles. The zero-order chi connectivity index (χ0) is 31.2. The van der Waals surface area contributed by atoms with Crippen molar-refractivity contribution >= 4 is 14.8 Å². The van der Waals surface area contributed by atoms with Crippen LogP contribution in [0.25, 0.3) is 0 Å². The Morgan fingerprint density at radius 3 is 2.41 bits per heavy atom. The number of hydrogen-bond acceptors (Lipinski definition) is 5. The van der Waals surface area contributed by atoms with E-state index in [2.05, 4.69) is 60.0 Å². The molecule has 41 heavy (non-hydrogen) atoms. The molecular weight excluding hydrogens is 528 g/mol. The van der Waals surface area contributed by atoms with Crippen molar-refractivity contribution in [3.05, 3.63) is 47.6 Å². The number of aliphatic hydroxyl groups excluding tert-OH is 1. The van der Waals surface area contributed by atoms with Gasteiger partial charge in [0.25, 0.3) is 0 Å². The third kappa shape index (κ3) is 13.5. The van der Waals surface area contributed by atoms with Gasteiger partial charge >= 0.3 is 0 Å². The number of Topliss-reactive ketones (excluding diaryl/α,β-unsaturated/α-hetero) is 1. The minimum absolute atomic E-state index is 0.0458. The zero-order valence-corrected chi connectivity index (χ0v) is 28.2. The second-order valence-corrected chi connectivity index (χ2v) is 15.1. The summed E-state index contributed by atoms with van der Waals surface area (Å²) in [6, 6.07) is 3.52. The van der Waals surface area contributed by atoms with Crippen molar-refractivity contribution in [1.82, 2.24) is 0 Å². The van der Waals surface area contributed by atoms with Crippen LogP contribution in [-0.4, -0.2) is 43.9 Å². The molecule has 229 valence electrons. The summed E-state index contributed by atoms with van der Waals surface area (Å²) in [5.41, 5.74) is 1.83. The third-order valence-electron chi connectivity index (χ3n) is 6.91. The Morgan fingerprint density at radius 1 is 1.15 bits per heavy atom. The van der Waals surface area contributed by atoms with E-state index in [1.54, 1.807) is 12.1 Å². The average molecular weight is 584 g/mol. The summed E-state index contributed by atoms with van der Waals surface area (Å²) in [4.78, 5) is 13.9. The van der Waals surface area contributed by atoms with Crippen LogP contribution in [0.15, 0.2) is 36.4 Å². The molecule has 0 aromatic heterocycles. The summed E-state index contributed by atoms with van der Waals surface area (Å²) in [6.07, 6.45) is 8.70. The number of rotatable bonds is 17. The first-order valence-electron chi connectivity index (χ1n) is 15.1. The molecule has 0 aliphatic heterocycles. The Bertz CT molecular complexity index is 1070. The predicted octanol–water partition coefficient (Wildman–Crippen LogP) is 8.55. The van der Waals surface area contributed by atoms with Crippen LogP contribution >= 0.6 is 0 Å². The summed E-state index contributed by atoms with van der Waals surface area (Å²) in [7, 11) is -1.34. The second-order valence-electron chi connectivity index (χ2n) is 13.0. The van der Waals surface area contributed by atoms with E-state index in [0.29, 0.717) is 12.8 Å². The Hall–Kier alpha value is -2.33. The maximum Gasteiger partial charge on any atom is 0.206 e. The van der Waals surface area contributed by atoms with Gasteiger partial charge < -0.3 is 19.4 Å². The number of phenolic OH excluding ortho intramolecular Hbond substituents is 1. The molecule has 6 heteroatoms. The number of unbranched alkanes of at least 4 members (excludes halogenated alkanes) is 3. The average Bonchev–Trinajstić information content (AvgIpc) is 2.87. The molecule has 2 atom stereocenters. The van der Waals surface area contributed by atoms with Crippen LogP contribution in [0, 0.1) is 17.3 Å². The topological polar surface area (TPSA) is 76.0 Å². The fourth-order valence-corrected chi connectivity index (χ4v) is 5.24. The maximum atomic E-state index is 13.9. The van der Waals surface area contributed by atoms with Gasteiger partial charge in [0.1, 0.15) is 29.8 Å². The molecule has 1 rings (SSSR count). The lowest BCUT2D eigenvalue weighted by atomic mass is 9.79. The molecular formula is C35H55O5Si. The first-order chi connectivity index (χ1) is 19.1. The molecule has 0 heterocycles. The van der Waals surface area contributed by atoms with Crippen molar-refractivity contribution in [1.29, 1.82) is 0 Å². The van der Waals surface area contributed by atoms with Crippen molar-refractivity contribution < 1.29 is 24.2 Å². The van der Waals surface area contributed by atoms with E-state index >= 15 is 0 Å². The van der Waals surface area contributed by atoms with E-state index in [9.17, 15) is 15.0 Å². The van der Waals surface area contributed by atoms with Gasteiger partial charge in [-0.05, 0) is 73.4 Å². The van der Waals surface area contributed by atoms with Crippen LogP contribution in [0.5, 0.6) is 11.5 Å². The van der Waals surface area contributed by atoms with Gasteiger partial charge in [-0.3, -0.25) is 4.79 Å². The van der Waals surface area contributed by atoms with Crippen LogP contribution in [0.2, 0.25) is 13.1 Å². The summed E-state index contributed by atoms with van der Waals surface area (Å²) >= 11 is 0. The highest BCUT2D eigenvalue weighted by Crippen LogP contribution is 2.39. The van der Waals surface area contributed by atoms with E-state index in [1.165, 1.54) is 12.8 Å². The van der Waals surface area contributed by atoms with Crippen LogP contribution in [0.1, 0.15) is 116 Å². The number of aliphatic hydroxyl groups is 1. The van der Waals surface area contributed by atoms with Crippen LogP contribution in [0.3, 0.4) is 0 Å². The Balaban J connectivity index is 3.26. The minimum atomic E-state index is -1.34. The molecule has 2 unspecified atom stereocenters. The lowest BCUT2D eigenvalue weighted by Gasteiger charge is -2.28. The molecule has 5 nitrogen and oxygen atoms in total. The number of ketones is 1. The number of aromatic hydroxyl groups is 1. The summed E-state index contributed by atoms with van der Waals surface area (Å²) < 4.78 is 12.0. The third-order valence-corrected chi connectivity index (χ3v) is 7.63. The molecule has 0 spiro atoms. The van der Waals surface area contributed by atoms with Gasteiger partial charge in [0, 0.05) is 6.42 Å². The van der Waals surface area contributed by atoms with E-state index in [0.717, 1.165) is 36.8 Å². The predicted molar refractivity (Wildman–Crippen MR) is 173 cm³/mol. The highest BCUT2D eigenvalue weighted by molar-refractivity contribution is 6.48. The highest BCUT2D eigenvalue weighted by atomic mass is 28.3. The summed E-state index contributed by atoms with van der Waals surface area (Å²) in [5, 5.41) is 22.3. The standard InChI is InChI=1S/C35H55O5Si/c1-11-13-14-15-22-35(7,8)27-24-29(37)31(30(25-27)39-23-12-2)32(38)33(40-41(9)10)28(36)20-16-18-26(3)19-17-21-34(4,5)6/h12,18,24-25,28,33,36-37H,2,11,13-16,20-23H2,1,3-10H3/b26-18+. The zero-order valence-electron chi connectivity index (χ0n) is 27.2. The minimum Gasteiger partial charge on any atom is -0.507 e. The molecule has 0 aliphatic rings. The van der Waals surface area contributed by atoms with Crippen LogP contribution in [0.4, 0.5) is 0 Å². The number of ether oxygens (including phenoxy) is 1. The molecule has 0 fully saturated rings. The lowest BCUT2D eigenvalue weighted by Crippen LogP contribution is -2.40. The van der Waals surface area contributed by atoms with E-state index in [1.807, 2.05) is 32.2 Å². The van der Waals surface area contributed by atoms with E-state index in [4.69, 9.17) is 9.16 Å². The van der Waals surface area contributed by atoms with Gasteiger partial charge in [-0.25, -0.2) is 0 Å². The Morgan fingerprint density at radius 2 is 1.83 bits per heavy atom. The van der Waals surface area contributed by atoms with Crippen molar-refractivity contribution in [2.24, 2.45) is 5.41 Å². The van der Waals surface area contributed by atoms with E-state index < -0.39 is 27.0 Å². The van der Waals surface area contributed by atoms with Gasteiger partial charge in [-0.2, -0.15) is 0 Å². The molecule has 1 radical (unpaired) electrons. The normalized spacial score (nSPS) is 13.9. The summed E-state index contributed by atoms with van der Waals surface area (Å²) in [5.74, 6) is 6.04. The maximum absolute atomic E-state index is 13.9. The molecule has 1 aromatic rings. The molecule has 2 N–H and O–H groups in total. The van der Waals surface area contributed by atoms with E-state index in [-0.39, 0.29) is 34.5 Å². The fourth-order valence-electron chi connectivity index (χ4n) is 4.46. The Kier molecular flexibility index (Phi) is 15.7. The molecule has 0 saturated carbocycles. The van der Waals surface area contributed by atoms with Gasteiger partial charge in [-0.1, -0.05) is 97.8 Å². The second kappa shape index (κ2) is 17.6. The molecule has 1 aromatic carbocycles. The van der Waals surface area contributed by atoms with Crippen LogP contribution < -0.4 is 4.74 Å². The first-order valence-corrected chi connectivity index (χ1v) is 17.5. The largest absolute Gasteiger partial charge is 0.507 e.